The minimum Gasteiger partial charge on any atom is -0.486 e. The summed E-state index contributed by atoms with van der Waals surface area (Å²) in [6, 6.07) is 10.9. The normalized spacial score (nSPS) is 13.6. The Morgan fingerprint density at radius 3 is 2.77 bits per heavy atom. The van der Waals surface area contributed by atoms with Gasteiger partial charge in [-0.2, -0.15) is 0 Å². The van der Waals surface area contributed by atoms with E-state index < -0.39 is 4.92 Å². The van der Waals surface area contributed by atoms with Gasteiger partial charge in [-0.1, -0.05) is 12.1 Å². The summed E-state index contributed by atoms with van der Waals surface area (Å²) in [7, 11) is 0. The van der Waals surface area contributed by atoms with Gasteiger partial charge in [0.25, 0.3) is 11.6 Å². The Labute approximate surface area is 149 Å². The fourth-order valence-electron chi connectivity index (χ4n) is 2.53. The minimum atomic E-state index is -0.517. The van der Waals surface area contributed by atoms with Gasteiger partial charge in [0.15, 0.2) is 18.1 Å². The van der Waals surface area contributed by atoms with Crippen molar-refractivity contribution in [3.63, 3.8) is 0 Å². The lowest BCUT2D eigenvalue weighted by Crippen LogP contribution is -2.31. The third-order valence-electron chi connectivity index (χ3n) is 3.84. The molecule has 0 radical (unpaired) electrons. The van der Waals surface area contributed by atoms with Crippen molar-refractivity contribution in [3.8, 4) is 17.2 Å². The molecule has 2 aromatic carbocycles. The van der Waals surface area contributed by atoms with Crippen molar-refractivity contribution < 1.29 is 23.9 Å². The Balaban J connectivity index is 1.56. The predicted octanol–water partition coefficient (Wildman–Crippen LogP) is 2.62. The molecule has 3 rings (SSSR count). The third kappa shape index (κ3) is 4.21. The van der Waals surface area contributed by atoms with E-state index in [1.54, 1.807) is 6.07 Å². The Morgan fingerprint density at radius 2 is 2.00 bits per heavy atom. The summed E-state index contributed by atoms with van der Waals surface area (Å²) in [4.78, 5) is 22.3. The number of benzene rings is 2. The highest BCUT2D eigenvalue weighted by Gasteiger charge is 2.16. The Bertz CT molecular complexity index is 823. The van der Waals surface area contributed by atoms with Crippen LogP contribution in [-0.2, 0) is 4.79 Å². The molecule has 0 fully saturated rings. The van der Waals surface area contributed by atoms with Gasteiger partial charge in [0.2, 0.25) is 0 Å². The smallest absolute Gasteiger partial charge is 0.273 e. The second-order valence-electron chi connectivity index (χ2n) is 5.74. The van der Waals surface area contributed by atoms with Crippen molar-refractivity contribution in [1.29, 1.82) is 0 Å². The maximum absolute atomic E-state index is 12.1. The van der Waals surface area contributed by atoms with Crippen molar-refractivity contribution in [2.24, 2.45) is 0 Å². The summed E-state index contributed by atoms with van der Waals surface area (Å²) in [5.41, 5.74) is 0.783. The van der Waals surface area contributed by atoms with Gasteiger partial charge in [0, 0.05) is 6.07 Å². The molecule has 0 bridgehead atoms. The summed E-state index contributed by atoms with van der Waals surface area (Å²) < 4.78 is 16.3. The molecule has 2 aromatic rings. The number of carbonyl (C=O) groups excluding carboxylic acids is 1. The first-order chi connectivity index (χ1) is 12.5. The van der Waals surface area contributed by atoms with Gasteiger partial charge in [-0.15, -0.1) is 0 Å². The SMILES string of the molecule is CC(NC(=O)COc1cccc([N+](=O)[O-])c1)c1ccc2c(c1)OCCO2. The number of nitro groups is 1. The lowest BCUT2D eigenvalue weighted by atomic mass is 10.1. The molecule has 136 valence electrons. The summed E-state index contributed by atoms with van der Waals surface area (Å²) in [6.45, 7) is 2.62. The van der Waals surface area contributed by atoms with E-state index in [2.05, 4.69) is 5.32 Å². The van der Waals surface area contributed by atoms with E-state index in [0.29, 0.717) is 24.7 Å². The summed E-state index contributed by atoms with van der Waals surface area (Å²) in [5.74, 6) is 1.27. The van der Waals surface area contributed by atoms with Crippen LogP contribution < -0.4 is 19.5 Å². The van der Waals surface area contributed by atoms with Crippen LogP contribution in [0.4, 0.5) is 5.69 Å². The number of ether oxygens (including phenoxy) is 3. The molecule has 1 aliphatic heterocycles. The van der Waals surface area contributed by atoms with Gasteiger partial charge < -0.3 is 19.5 Å². The van der Waals surface area contributed by atoms with E-state index in [0.717, 1.165) is 5.56 Å². The third-order valence-corrected chi connectivity index (χ3v) is 3.84. The van der Waals surface area contributed by atoms with Crippen LogP contribution in [0.5, 0.6) is 17.2 Å². The van der Waals surface area contributed by atoms with Crippen molar-refractivity contribution in [3.05, 3.63) is 58.1 Å². The molecule has 1 N–H and O–H groups in total. The van der Waals surface area contributed by atoms with E-state index in [9.17, 15) is 14.9 Å². The van der Waals surface area contributed by atoms with E-state index in [1.165, 1.54) is 18.2 Å². The zero-order valence-electron chi connectivity index (χ0n) is 14.1. The first-order valence-electron chi connectivity index (χ1n) is 8.09. The molecular formula is C18H18N2O6. The minimum absolute atomic E-state index is 0.0902. The Kier molecular flexibility index (Phi) is 5.21. The number of non-ortho nitro benzene ring substituents is 1. The number of hydrogen-bond acceptors (Lipinski definition) is 6. The lowest BCUT2D eigenvalue weighted by molar-refractivity contribution is -0.384. The summed E-state index contributed by atoms with van der Waals surface area (Å²) in [6.07, 6.45) is 0. The van der Waals surface area contributed by atoms with Gasteiger partial charge in [0.05, 0.1) is 17.0 Å². The average Bonchev–Trinajstić information content (AvgIpc) is 2.66. The molecule has 1 unspecified atom stereocenters. The number of carbonyl (C=O) groups is 1. The molecule has 0 saturated carbocycles. The molecule has 26 heavy (non-hydrogen) atoms. The molecule has 1 aliphatic rings. The first kappa shape index (κ1) is 17.5. The van der Waals surface area contributed by atoms with Crippen molar-refractivity contribution in [2.45, 2.75) is 13.0 Å². The van der Waals surface area contributed by atoms with E-state index in [-0.39, 0.29) is 30.0 Å². The Hall–Kier alpha value is -3.29. The topological polar surface area (TPSA) is 99.9 Å². The monoisotopic (exact) mass is 358 g/mol. The highest BCUT2D eigenvalue weighted by molar-refractivity contribution is 5.78. The maximum Gasteiger partial charge on any atom is 0.273 e. The predicted molar refractivity (Wildman–Crippen MR) is 92.6 cm³/mol. The fourth-order valence-corrected chi connectivity index (χ4v) is 2.53. The molecular weight excluding hydrogens is 340 g/mol. The van der Waals surface area contributed by atoms with Crippen molar-refractivity contribution in [1.82, 2.24) is 5.32 Å². The van der Waals surface area contributed by atoms with Crippen LogP contribution >= 0.6 is 0 Å². The van der Waals surface area contributed by atoms with E-state index in [4.69, 9.17) is 14.2 Å². The van der Waals surface area contributed by atoms with E-state index in [1.807, 2.05) is 25.1 Å². The largest absolute Gasteiger partial charge is 0.486 e. The summed E-state index contributed by atoms with van der Waals surface area (Å²) >= 11 is 0. The zero-order valence-corrected chi connectivity index (χ0v) is 14.1. The van der Waals surface area contributed by atoms with Gasteiger partial charge >= 0.3 is 0 Å². The number of nitrogens with one attached hydrogen (secondary N) is 1. The molecule has 1 heterocycles. The van der Waals surface area contributed by atoms with Crippen LogP contribution in [0.25, 0.3) is 0 Å². The molecule has 1 atom stereocenters. The van der Waals surface area contributed by atoms with E-state index >= 15 is 0 Å². The van der Waals surface area contributed by atoms with Crippen molar-refractivity contribution in [2.75, 3.05) is 19.8 Å². The van der Waals surface area contributed by atoms with Crippen LogP contribution in [0.3, 0.4) is 0 Å². The highest BCUT2D eigenvalue weighted by Crippen LogP contribution is 2.32. The fraction of sp³-hybridized carbons (Fsp3) is 0.278. The van der Waals surface area contributed by atoms with Crippen LogP contribution in [-0.4, -0.2) is 30.7 Å². The number of rotatable bonds is 6. The second kappa shape index (κ2) is 7.73. The van der Waals surface area contributed by atoms with Crippen LogP contribution in [0.2, 0.25) is 0 Å². The molecule has 1 amide bonds. The molecule has 0 aliphatic carbocycles. The van der Waals surface area contributed by atoms with Gasteiger partial charge in [-0.05, 0) is 30.7 Å². The molecule has 0 spiro atoms. The maximum atomic E-state index is 12.1. The number of nitrogens with zero attached hydrogens (tertiary/aromatic N) is 1. The molecule has 0 aromatic heterocycles. The number of nitro benzene ring substituents is 1. The lowest BCUT2D eigenvalue weighted by Gasteiger charge is -2.21. The standard InChI is InChI=1S/C18H18N2O6/c1-12(13-5-6-16-17(9-13)25-8-7-24-16)19-18(21)11-26-15-4-2-3-14(10-15)20(22)23/h2-6,9-10,12H,7-8,11H2,1H3,(H,19,21). The quantitative estimate of drug-likeness (QED) is 0.629. The summed E-state index contributed by atoms with van der Waals surface area (Å²) in [5, 5.41) is 13.6. The molecule has 8 nitrogen and oxygen atoms in total. The first-order valence-corrected chi connectivity index (χ1v) is 8.09. The van der Waals surface area contributed by atoms with Crippen molar-refractivity contribution >= 4 is 11.6 Å². The van der Waals surface area contributed by atoms with Gasteiger partial charge in [-0.25, -0.2) is 0 Å². The zero-order chi connectivity index (χ0) is 18.5. The van der Waals surface area contributed by atoms with Gasteiger partial charge in [0.1, 0.15) is 19.0 Å². The molecule has 8 heteroatoms. The van der Waals surface area contributed by atoms with Crippen LogP contribution in [0, 0.1) is 10.1 Å². The average molecular weight is 358 g/mol. The highest BCUT2D eigenvalue weighted by atomic mass is 16.6. The number of hydrogen-bond donors (Lipinski definition) is 1. The Morgan fingerprint density at radius 1 is 1.23 bits per heavy atom. The number of fused-ring (bicyclic) bond motifs is 1. The number of amides is 1. The molecule has 0 saturated heterocycles. The van der Waals surface area contributed by atoms with Crippen LogP contribution in [0.15, 0.2) is 42.5 Å². The second-order valence-corrected chi connectivity index (χ2v) is 5.74. The van der Waals surface area contributed by atoms with Gasteiger partial charge in [-0.3, -0.25) is 14.9 Å². The van der Waals surface area contributed by atoms with Crippen LogP contribution in [0.1, 0.15) is 18.5 Å².